The predicted octanol–water partition coefficient (Wildman–Crippen LogP) is 2.95. The van der Waals surface area contributed by atoms with Gasteiger partial charge in [0.2, 0.25) is 5.91 Å². The molecule has 0 heterocycles. The summed E-state index contributed by atoms with van der Waals surface area (Å²) in [6, 6.07) is 16.2. The Balaban J connectivity index is 1.54. The number of benzene rings is 2. The Morgan fingerprint density at radius 1 is 1.25 bits per heavy atom. The van der Waals surface area contributed by atoms with Gasteiger partial charge in [0.1, 0.15) is 18.5 Å². The molecule has 0 fully saturated rings. The van der Waals surface area contributed by atoms with E-state index in [4.69, 9.17) is 4.74 Å². The second-order valence-electron chi connectivity index (χ2n) is 7.51. The first-order valence-corrected chi connectivity index (χ1v) is 9.98. The van der Waals surface area contributed by atoms with Gasteiger partial charge in [0.05, 0.1) is 0 Å². The van der Waals surface area contributed by atoms with Crippen molar-refractivity contribution in [2.24, 2.45) is 0 Å². The lowest BCUT2D eigenvalue weighted by atomic mass is 10.0. The summed E-state index contributed by atoms with van der Waals surface area (Å²) in [5, 5.41) is 13.8. The Morgan fingerprint density at radius 2 is 2.04 bits per heavy atom. The molecule has 0 bridgehead atoms. The maximum absolute atomic E-state index is 11.7. The largest absolute Gasteiger partial charge is 0.491 e. The molecule has 1 aliphatic rings. The van der Waals surface area contributed by atoms with Crippen LogP contribution in [0.5, 0.6) is 5.75 Å². The van der Waals surface area contributed by atoms with Gasteiger partial charge in [-0.15, -0.1) is 0 Å². The van der Waals surface area contributed by atoms with Crippen molar-refractivity contribution in [3.63, 3.8) is 0 Å². The third kappa shape index (κ3) is 5.57. The van der Waals surface area contributed by atoms with Gasteiger partial charge < -0.3 is 20.1 Å². The number of aliphatic hydroxyl groups is 1. The molecule has 0 saturated heterocycles. The van der Waals surface area contributed by atoms with Crippen molar-refractivity contribution in [2.75, 3.05) is 25.1 Å². The summed E-state index contributed by atoms with van der Waals surface area (Å²) < 4.78 is 5.63. The molecule has 0 aromatic heterocycles. The number of aliphatic hydroxyl groups excluding tert-OH is 1. The molecular weight excluding hydrogens is 352 g/mol. The van der Waals surface area contributed by atoms with Crippen LogP contribution in [0.15, 0.2) is 48.5 Å². The van der Waals surface area contributed by atoms with E-state index < -0.39 is 6.10 Å². The SMILES string of the molecule is CC(=O)N(C)c1ccc2c(c1)CC(NC[C@H](O)COc1ccccc1)CCC2. The average Bonchev–Trinajstić information content (AvgIpc) is 2.92. The lowest BCUT2D eigenvalue weighted by Crippen LogP contribution is -2.39. The number of aryl methyl sites for hydroxylation is 1. The van der Waals surface area contributed by atoms with Crippen LogP contribution in [0.1, 0.15) is 30.9 Å². The van der Waals surface area contributed by atoms with Crippen LogP contribution in [0.2, 0.25) is 0 Å². The predicted molar refractivity (Wildman–Crippen MR) is 112 cm³/mol. The molecule has 1 amide bonds. The number of nitrogens with one attached hydrogen (secondary N) is 1. The van der Waals surface area contributed by atoms with E-state index in [1.165, 1.54) is 11.1 Å². The molecule has 1 aliphatic carbocycles. The van der Waals surface area contributed by atoms with Crippen molar-refractivity contribution in [1.82, 2.24) is 5.32 Å². The molecule has 0 aliphatic heterocycles. The maximum Gasteiger partial charge on any atom is 0.223 e. The van der Waals surface area contributed by atoms with Gasteiger partial charge in [-0.1, -0.05) is 24.3 Å². The zero-order chi connectivity index (χ0) is 19.9. The first-order chi connectivity index (χ1) is 13.5. The van der Waals surface area contributed by atoms with Crippen molar-refractivity contribution < 1.29 is 14.6 Å². The number of carbonyl (C=O) groups excluding carboxylic acids is 1. The molecule has 0 radical (unpaired) electrons. The molecule has 2 N–H and O–H groups in total. The highest BCUT2D eigenvalue weighted by Gasteiger charge is 2.19. The smallest absolute Gasteiger partial charge is 0.223 e. The summed E-state index contributed by atoms with van der Waals surface area (Å²) in [6.07, 6.45) is 3.58. The number of rotatable bonds is 7. The first kappa shape index (κ1) is 20.4. The Bertz CT molecular complexity index is 779. The van der Waals surface area contributed by atoms with E-state index in [2.05, 4.69) is 17.4 Å². The van der Waals surface area contributed by atoms with E-state index in [0.29, 0.717) is 12.6 Å². The number of amides is 1. The Labute approximate surface area is 167 Å². The van der Waals surface area contributed by atoms with E-state index in [1.807, 2.05) is 36.4 Å². The number of nitrogens with zero attached hydrogens (tertiary/aromatic N) is 1. The van der Waals surface area contributed by atoms with Crippen molar-refractivity contribution in [1.29, 1.82) is 0 Å². The van der Waals surface area contributed by atoms with Crippen molar-refractivity contribution in [2.45, 2.75) is 44.8 Å². The van der Waals surface area contributed by atoms with Gasteiger partial charge in [-0.25, -0.2) is 0 Å². The Hall–Kier alpha value is -2.37. The fraction of sp³-hybridized carbons (Fsp3) is 0.435. The average molecular weight is 383 g/mol. The highest BCUT2D eigenvalue weighted by Crippen LogP contribution is 2.25. The van der Waals surface area contributed by atoms with Crippen LogP contribution in [-0.4, -0.2) is 43.4 Å². The van der Waals surface area contributed by atoms with Crippen LogP contribution in [0, 0.1) is 0 Å². The highest BCUT2D eigenvalue weighted by molar-refractivity contribution is 5.90. The van der Waals surface area contributed by atoms with Gasteiger partial charge >= 0.3 is 0 Å². The molecule has 1 unspecified atom stereocenters. The van der Waals surface area contributed by atoms with Crippen LogP contribution in [-0.2, 0) is 17.6 Å². The lowest BCUT2D eigenvalue weighted by Gasteiger charge is -2.21. The van der Waals surface area contributed by atoms with Gasteiger partial charge in [-0.3, -0.25) is 4.79 Å². The highest BCUT2D eigenvalue weighted by atomic mass is 16.5. The number of hydrogen-bond donors (Lipinski definition) is 2. The molecule has 150 valence electrons. The van der Waals surface area contributed by atoms with E-state index in [1.54, 1.807) is 18.9 Å². The normalized spacial score (nSPS) is 17.3. The molecule has 28 heavy (non-hydrogen) atoms. The molecule has 0 saturated carbocycles. The molecule has 5 heteroatoms. The van der Waals surface area contributed by atoms with E-state index in [0.717, 1.165) is 37.1 Å². The number of hydrogen-bond acceptors (Lipinski definition) is 4. The zero-order valence-corrected chi connectivity index (χ0v) is 16.7. The second-order valence-corrected chi connectivity index (χ2v) is 7.51. The van der Waals surface area contributed by atoms with Crippen LogP contribution in [0.3, 0.4) is 0 Å². The van der Waals surface area contributed by atoms with Crippen molar-refractivity contribution in [3.05, 3.63) is 59.7 Å². The van der Waals surface area contributed by atoms with Crippen LogP contribution >= 0.6 is 0 Å². The number of carbonyl (C=O) groups is 1. The fourth-order valence-electron chi connectivity index (χ4n) is 3.59. The summed E-state index contributed by atoms with van der Waals surface area (Å²) >= 11 is 0. The number of para-hydroxylation sites is 1. The van der Waals surface area contributed by atoms with E-state index in [-0.39, 0.29) is 12.5 Å². The first-order valence-electron chi connectivity index (χ1n) is 9.98. The maximum atomic E-state index is 11.7. The van der Waals surface area contributed by atoms with Gasteiger partial charge in [0.25, 0.3) is 0 Å². The molecule has 2 aromatic rings. The Morgan fingerprint density at radius 3 is 2.79 bits per heavy atom. The van der Waals surface area contributed by atoms with Crippen molar-refractivity contribution in [3.8, 4) is 5.75 Å². The standard InChI is InChI=1S/C23H30N2O3/c1-17(26)25(2)21-12-11-18-7-6-8-20(13-19(18)14-21)24-15-22(27)16-28-23-9-4-3-5-10-23/h3-5,9-12,14,20,22,24,27H,6-8,13,15-16H2,1-2H3/t20?,22-/m0/s1. The molecule has 3 rings (SSSR count). The number of fused-ring (bicyclic) bond motifs is 1. The Kier molecular flexibility index (Phi) is 7.06. The minimum atomic E-state index is -0.557. The van der Waals surface area contributed by atoms with E-state index in [9.17, 15) is 9.90 Å². The third-order valence-electron chi connectivity index (χ3n) is 5.34. The number of ether oxygens (including phenoxy) is 1. The van der Waals surface area contributed by atoms with Gasteiger partial charge in [0.15, 0.2) is 0 Å². The van der Waals surface area contributed by atoms with Crippen LogP contribution < -0.4 is 15.0 Å². The lowest BCUT2D eigenvalue weighted by molar-refractivity contribution is -0.116. The quantitative estimate of drug-likeness (QED) is 0.723. The topological polar surface area (TPSA) is 61.8 Å². The van der Waals surface area contributed by atoms with Crippen molar-refractivity contribution >= 4 is 11.6 Å². The molecule has 2 atom stereocenters. The van der Waals surface area contributed by atoms with Crippen LogP contribution in [0.4, 0.5) is 5.69 Å². The van der Waals surface area contributed by atoms with Crippen LogP contribution in [0.25, 0.3) is 0 Å². The van der Waals surface area contributed by atoms with E-state index >= 15 is 0 Å². The summed E-state index contributed by atoms with van der Waals surface area (Å²) in [5.41, 5.74) is 3.58. The second kappa shape index (κ2) is 9.71. The van der Waals surface area contributed by atoms with Gasteiger partial charge in [0, 0.05) is 32.2 Å². The minimum absolute atomic E-state index is 0.0322. The molecular formula is C23H30N2O3. The summed E-state index contributed by atoms with van der Waals surface area (Å²) in [7, 11) is 1.81. The third-order valence-corrected chi connectivity index (χ3v) is 5.34. The summed E-state index contributed by atoms with van der Waals surface area (Å²) in [4.78, 5) is 13.3. The summed E-state index contributed by atoms with van der Waals surface area (Å²) in [6.45, 7) is 2.35. The molecule has 0 spiro atoms. The minimum Gasteiger partial charge on any atom is -0.491 e. The fourth-order valence-corrected chi connectivity index (χ4v) is 3.59. The molecule has 2 aromatic carbocycles. The summed E-state index contributed by atoms with van der Waals surface area (Å²) in [5.74, 6) is 0.803. The molecule has 5 nitrogen and oxygen atoms in total. The van der Waals surface area contributed by atoms with Gasteiger partial charge in [-0.2, -0.15) is 0 Å². The monoisotopic (exact) mass is 382 g/mol. The zero-order valence-electron chi connectivity index (χ0n) is 16.7. The van der Waals surface area contributed by atoms with Gasteiger partial charge in [-0.05, 0) is 61.1 Å². The number of anilines is 1.